The first-order valence-corrected chi connectivity index (χ1v) is 15.6. The Labute approximate surface area is 216 Å². The van der Waals surface area contributed by atoms with Gasteiger partial charge in [-0.25, -0.2) is 0 Å². The summed E-state index contributed by atoms with van der Waals surface area (Å²) in [5, 5.41) is -0.797. The Morgan fingerprint density at radius 1 is 0.471 bits per heavy atom. The zero-order valence-electron chi connectivity index (χ0n) is 16.5. The van der Waals surface area contributed by atoms with Gasteiger partial charge < -0.3 is 9.70 Å². The third kappa shape index (κ3) is 6.51. The second-order valence-electron chi connectivity index (χ2n) is 6.23. The van der Waals surface area contributed by atoms with Gasteiger partial charge in [0.2, 0.25) is 0 Å². The van der Waals surface area contributed by atoms with Gasteiger partial charge in [-0.05, 0) is 36.4 Å². The Morgan fingerprint density at radius 3 is 0.941 bits per heavy atom. The molecule has 180 valence electrons. The molecule has 0 spiro atoms. The highest BCUT2D eigenvalue weighted by molar-refractivity contribution is 7.90. The van der Waals surface area contributed by atoms with E-state index in [-0.39, 0.29) is 15.1 Å². The fraction of sp³-hybridized carbons (Fsp3) is 0. The predicted molar refractivity (Wildman–Crippen MR) is 125 cm³/mol. The van der Waals surface area contributed by atoms with Crippen LogP contribution in [0.4, 0.5) is 0 Å². The van der Waals surface area contributed by atoms with Gasteiger partial charge >= 0.3 is 15.1 Å². The Kier molecular flexibility index (Phi) is 8.71. The fourth-order valence-corrected chi connectivity index (χ4v) is 10.3. The molecule has 0 aliphatic heterocycles. The van der Waals surface area contributed by atoms with Crippen molar-refractivity contribution in [1.82, 2.24) is 0 Å². The van der Waals surface area contributed by atoms with E-state index in [1.54, 1.807) is 0 Å². The molecule has 34 heavy (non-hydrogen) atoms. The van der Waals surface area contributed by atoms with Crippen LogP contribution in [0.25, 0.3) is 0 Å². The molecule has 0 aliphatic carbocycles. The van der Waals surface area contributed by atoms with Crippen LogP contribution in [0.5, 0.6) is 0 Å². The first-order chi connectivity index (χ1) is 15.8. The molecule has 0 radical (unpaired) electrons. The van der Waals surface area contributed by atoms with E-state index in [2.05, 4.69) is 0 Å². The first-order valence-electron chi connectivity index (χ1n) is 8.87. The topological polar surface area (TPSA) is 130 Å². The van der Waals surface area contributed by atoms with Crippen molar-refractivity contribution in [3.05, 3.63) is 87.9 Å². The van der Waals surface area contributed by atoms with Crippen LogP contribution in [-0.2, 0) is 40.1 Å². The molecular formula is C18H12AlCl3O9S3. The standard InChI is InChI=1S/3C6H5ClO3S.Al/c3*7-5-3-1-2-4-6(5)11(8,9)10;/h3*1-4H,(H,8,9,10);/q;;;+3/p-3. The molecule has 0 fully saturated rings. The molecule has 0 saturated heterocycles. The minimum absolute atomic E-state index is 0.266. The molecule has 9 nitrogen and oxygen atoms in total. The molecule has 3 aromatic carbocycles. The van der Waals surface area contributed by atoms with Crippen LogP contribution in [0.3, 0.4) is 0 Å². The number of halogens is 3. The summed E-state index contributed by atoms with van der Waals surface area (Å²) in [6.07, 6.45) is 0. The molecule has 0 aromatic heterocycles. The Balaban J connectivity index is 2.04. The highest BCUT2D eigenvalue weighted by Gasteiger charge is 2.48. The van der Waals surface area contributed by atoms with Gasteiger partial charge in [0.1, 0.15) is 14.7 Å². The van der Waals surface area contributed by atoms with Crippen LogP contribution < -0.4 is 0 Å². The number of benzene rings is 3. The van der Waals surface area contributed by atoms with E-state index in [9.17, 15) is 25.3 Å². The van der Waals surface area contributed by atoms with Crippen molar-refractivity contribution in [2.75, 3.05) is 0 Å². The van der Waals surface area contributed by atoms with E-state index in [0.717, 1.165) is 18.2 Å². The average molecular weight is 602 g/mol. The Bertz CT molecular complexity index is 1340. The summed E-state index contributed by atoms with van der Waals surface area (Å²) in [5.74, 6) is 0. The highest BCUT2D eigenvalue weighted by Crippen LogP contribution is 2.29. The minimum Gasteiger partial charge on any atom is -0.338 e. The highest BCUT2D eigenvalue weighted by atomic mass is 35.5. The quantitative estimate of drug-likeness (QED) is 0.332. The van der Waals surface area contributed by atoms with Crippen molar-refractivity contribution in [2.45, 2.75) is 14.7 Å². The molecule has 3 aromatic rings. The lowest BCUT2D eigenvalue weighted by atomic mass is 10.4. The second kappa shape index (κ2) is 10.8. The average Bonchev–Trinajstić information content (AvgIpc) is 2.73. The molecule has 0 heterocycles. The summed E-state index contributed by atoms with van der Waals surface area (Å²) in [6.45, 7) is 0. The lowest BCUT2D eigenvalue weighted by Crippen LogP contribution is -2.35. The fourth-order valence-electron chi connectivity index (χ4n) is 2.46. The lowest BCUT2D eigenvalue weighted by molar-refractivity contribution is 0.311. The summed E-state index contributed by atoms with van der Waals surface area (Å²) in [5.41, 5.74) is 0. The van der Waals surface area contributed by atoms with Gasteiger partial charge in [0, 0.05) is 0 Å². The van der Waals surface area contributed by atoms with Crippen molar-refractivity contribution in [3.8, 4) is 0 Å². The molecule has 0 amide bonds. The first kappa shape index (κ1) is 27.4. The van der Waals surface area contributed by atoms with Crippen molar-refractivity contribution in [1.29, 1.82) is 0 Å². The van der Waals surface area contributed by atoms with Crippen LogP contribution in [-0.4, -0.2) is 40.4 Å². The normalized spacial score (nSPS) is 12.4. The van der Waals surface area contributed by atoms with Gasteiger partial charge in [0.15, 0.2) is 0 Å². The van der Waals surface area contributed by atoms with Crippen LogP contribution >= 0.6 is 34.8 Å². The zero-order valence-corrected chi connectivity index (χ0v) is 22.4. The second-order valence-corrected chi connectivity index (χ2v) is 14.4. The molecule has 0 N–H and O–H groups in total. The van der Waals surface area contributed by atoms with Gasteiger partial charge in [-0.1, -0.05) is 71.2 Å². The maximum atomic E-state index is 12.8. The largest absolute Gasteiger partial charge is 0.952 e. The summed E-state index contributed by atoms with van der Waals surface area (Å²) in [4.78, 5) is -1.69. The van der Waals surface area contributed by atoms with Gasteiger partial charge in [-0.15, -0.1) is 0 Å². The zero-order chi connectivity index (χ0) is 25.1. The van der Waals surface area contributed by atoms with Crippen LogP contribution in [0.2, 0.25) is 15.1 Å². The van der Waals surface area contributed by atoms with Gasteiger partial charge in [0.25, 0.3) is 30.4 Å². The monoisotopic (exact) mass is 600 g/mol. The molecule has 0 aliphatic rings. The molecule has 16 heteroatoms. The molecule has 0 saturated carbocycles. The number of hydrogen-bond donors (Lipinski definition) is 0. The van der Waals surface area contributed by atoms with Gasteiger partial charge in [-0.3, -0.25) is 0 Å². The predicted octanol–water partition coefficient (Wildman–Crippen LogP) is 4.15. The molecule has 0 bridgehead atoms. The van der Waals surface area contributed by atoms with Crippen molar-refractivity contribution in [2.24, 2.45) is 0 Å². The third-order valence-electron chi connectivity index (χ3n) is 3.93. The van der Waals surface area contributed by atoms with E-state index in [4.69, 9.17) is 44.5 Å². The van der Waals surface area contributed by atoms with E-state index < -0.39 is 60.2 Å². The summed E-state index contributed by atoms with van der Waals surface area (Å²) < 4.78 is 91.1. The Morgan fingerprint density at radius 2 is 0.706 bits per heavy atom. The van der Waals surface area contributed by atoms with Crippen LogP contribution in [0.15, 0.2) is 87.5 Å². The minimum atomic E-state index is -4.83. The lowest BCUT2D eigenvalue weighted by Gasteiger charge is -2.15. The van der Waals surface area contributed by atoms with Crippen molar-refractivity contribution < 1.29 is 35.0 Å². The molecule has 0 atom stereocenters. The molecule has 3 rings (SSSR count). The number of rotatable bonds is 9. The van der Waals surface area contributed by atoms with Gasteiger partial charge in [-0.2, -0.15) is 25.3 Å². The van der Waals surface area contributed by atoms with E-state index >= 15 is 0 Å². The van der Waals surface area contributed by atoms with Crippen LogP contribution in [0, 0.1) is 0 Å². The smallest absolute Gasteiger partial charge is 0.338 e. The SMILES string of the molecule is O=S(=O)([O][Al]([O]S(=O)(=O)c1ccccc1Cl)[O]S(=O)(=O)c1ccccc1Cl)c1ccccc1Cl. The molecular weight excluding hydrogens is 590 g/mol. The maximum Gasteiger partial charge on any atom is 0.952 e. The Hall–Kier alpha value is -1.21. The van der Waals surface area contributed by atoms with Crippen LogP contribution in [0.1, 0.15) is 0 Å². The molecule has 0 unspecified atom stereocenters. The number of hydrogen-bond acceptors (Lipinski definition) is 9. The maximum absolute atomic E-state index is 12.8. The van der Waals surface area contributed by atoms with Gasteiger partial charge in [0.05, 0.1) is 15.1 Å². The van der Waals surface area contributed by atoms with Crippen molar-refractivity contribution >= 4 is 80.3 Å². The summed E-state index contributed by atoms with van der Waals surface area (Å²) >= 11 is 13.1. The summed E-state index contributed by atoms with van der Waals surface area (Å²) in [7, 11) is -14.5. The third-order valence-corrected chi connectivity index (χ3v) is 12.9. The van der Waals surface area contributed by atoms with E-state index in [0.29, 0.717) is 0 Å². The van der Waals surface area contributed by atoms with E-state index in [1.165, 1.54) is 54.6 Å². The van der Waals surface area contributed by atoms with E-state index in [1.807, 2.05) is 0 Å². The summed E-state index contributed by atoms with van der Waals surface area (Å²) in [6, 6.07) is 15.2. The van der Waals surface area contributed by atoms with Crippen molar-refractivity contribution in [3.63, 3.8) is 0 Å².